The lowest BCUT2D eigenvalue weighted by molar-refractivity contribution is 1.37. The summed E-state index contributed by atoms with van der Waals surface area (Å²) in [5, 5.41) is 8.07. The fourth-order valence-electron chi connectivity index (χ4n) is 1.74. The minimum Gasteiger partial charge on any atom is -0.282 e. The first-order chi connectivity index (χ1) is 9.56. The van der Waals surface area contributed by atoms with E-state index in [9.17, 15) is 0 Å². The van der Waals surface area contributed by atoms with Gasteiger partial charge in [0.2, 0.25) is 0 Å². The summed E-state index contributed by atoms with van der Waals surface area (Å²) in [6.07, 6.45) is 0. The van der Waals surface area contributed by atoms with Crippen LogP contribution in [0.15, 0.2) is 58.4 Å². The Bertz CT molecular complexity index is 646. The molecule has 0 aliphatic rings. The molecule has 0 aliphatic carbocycles. The minimum absolute atomic E-state index is 0.271. The Morgan fingerprint density at radius 2 is 1.70 bits per heavy atom. The van der Waals surface area contributed by atoms with E-state index in [0.29, 0.717) is 4.38 Å². The van der Waals surface area contributed by atoms with Crippen molar-refractivity contribution in [2.24, 2.45) is 4.99 Å². The van der Waals surface area contributed by atoms with Gasteiger partial charge in [0.15, 0.2) is 5.84 Å². The third-order valence-corrected chi connectivity index (χ3v) is 4.06. The Morgan fingerprint density at radius 1 is 1.05 bits per heavy atom. The zero-order chi connectivity index (χ0) is 14.5. The van der Waals surface area contributed by atoms with Crippen molar-refractivity contribution in [3.63, 3.8) is 0 Å². The van der Waals surface area contributed by atoms with E-state index in [1.165, 1.54) is 17.3 Å². The first-order valence-corrected chi connectivity index (χ1v) is 7.57. The predicted octanol–water partition coefficient (Wildman–Crippen LogP) is 3.79. The van der Waals surface area contributed by atoms with Crippen molar-refractivity contribution >= 4 is 34.6 Å². The molecular formula is C16H17N2S2+. The molecule has 2 aromatic carbocycles. The molecule has 2 rings (SSSR count). The average molecular weight is 301 g/mol. The number of hydrogen-bond donors (Lipinski definition) is 1. The lowest BCUT2D eigenvalue weighted by atomic mass is 10.1. The summed E-state index contributed by atoms with van der Waals surface area (Å²) < 4.78 is 0.683. The molecule has 0 aromatic heterocycles. The number of benzene rings is 2. The third kappa shape index (κ3) is 3.99. The van der Waals surface area contributed by atoms with Crippen molar-refractivity contribution < 1.29 is 0 Å². The Balaban J connectivity index is 2.12. The lowest BCUT2D eigenvalue weighted by Gasteiger charge is -2.02. The summed E-state index contributed by atoms with van der Waals surface area (Å²) in [7, 11) is 0. The second-order valence-electron chi connectivity index (χ2n) is 4.50. The SMILES string of the molecule is Cc1ccc(SC([SH2+])=NC(=N)c2ccccc2C)cc1. The quantitative estimate of drug-likeness (QED) is 0.389. The molecular weight excluding hydrogens is 284 g/mol. The Morgan fingerprint density at radius 3 is 2.35 bits per heavy atom. The van der Waals surface area contributed by atoms with Crippen molar-refractivity contribution in [2.75, 3.05) is 0 Å². The van der Waals surface area contributed by atoms with E-state index in [1.807, 2.05) is 43.3 Å². The van der Waals surface area contributed by atoms with Crippen LogP contribution in [0.5, 0.6) is 0 Å². The van der Waals surface area contributed by atoms with Crippen molar-refractivity contribution in [3.8, 4) is 0 Å². The molecule has 2 aromatic rings. The molecule has 0 radical (unpaired) electrons. The number of nitrogens with one attached hydrogen (secondary N) is 1. The van der Waals surface area contributed by atoms with Gasteiger partial charge in [-0.25, -0.2) is 0 Å². The van der Waals surface area contributed by atoms with Gasteiger partial charge >= 0.3 is 0 Å². The van der Waals surface area contributed by atoms with Gasteiger partial charge < -0.3 is 0 Å². The van der Waals surface area contributed by atoms with Crippen LogP contribution in [0.4, 0.5) is 0 Å². The minimum atomic E-state index is 0.271. The molecule has 0 saturated carbocycles. The molecule has 0 bridgehead atoms. The summed E-state index contributed by atoms with van der Waals surface area (Å²) in [6.45, 7) is 4.05. The number of thioether (sulfide) groups is 1. The van der Waals surface area contributed by atoms with Gasteiger partial charge in [-0.2, -0.15) is 4.99 Å². The summed E-state index contributed by atoms with van der Waals surface area (Å²) in [5.74, 6) is 0.271. The van der Waals surface area contributed by atoms with Gasteiger partial charge in [-0.15, -0.1) is 0 Å². The van der Waals surface area contributed by atoms with Gasteiger partial charge in [-0.3, -0.25) is 5.41 Å². The number of amidine groups is 1. The molecule has 0 atom stereocenters. The van der Waals surface area contributed by atoms with Crippen molar-refractivity contribution in [3.05, 3.63) is 65.2 Å². The molecule has 102 valence electrons. The van der Waals surface area contributed by atoms with Crippen LogP contribution < -0.4 is 0 Å². The molecule has 20 heavy (non-hydrogen) atoms. The summed E-state index contributed by atoms with van der Waals surface area (Å²) in [4.78, 5) is 5.40. The highest BCUT2D eigenvalue weighted by atomic mass is 32.2. The predicted molar refractivity (Wildman–Crippen MR) is 92.6 cm³/mol. The van der Waals surface area contributed by atoms with Crippen molar-refractivity contribution in [1.29, 1.82) is 5.41 Å². The van der Waals surface area contributed by atoms with E-state index in [4.69, 9.17) is 5.41 Å². The van der Waals surface area contributed by atoms with Gasteiger partial charge in [0.05, 0.1) is 0 Å². The molecule has 0 spiro atoms. The van der Waals surface area contributed by atoms with Gasteiger partial charge in [0.1, 0.15) is 0 Å². The molecule has 0 amide bonds. The van der Waals surface area contributed by atoms with Gasteiger partial charge in [-0.1, -0.05) is 42.0 Å². The third-order valence-electron chi connectivity index (χ3n) is 2.85. The molecule has 0 aliphatic heterocycles. The van der Waals surface area contributed by atoms with E-state index in [-0.39, 0.29) is 5.84 Å². The number of nitrogens with zero attached hydrogens (tertiary/aromatic N) is 1. The highest BCUT2D eigenvalue weighted by Gasteiger charge is 2.08. The number of aryl methyl sites for hydroxylation is 2. The topological polar surface area (TPSA) is 36.2 Å². The van der Waals surface area contributed by atoms with Crippen LogP contribution in [0.3, 0.4) is 0 Å². The van der Waals surface area contributed by atoms with E-state index < -0.39 is 0 Å². The largest absolute Gasteiger partial charge is 0.284 e. The van der Waals surface area contributed by atoms with Crippen molar-refractivity contribution in [2.45, 2.75) is 18.7 Å². The average Bonchev–Trinajstić information content (AvgIpc) is 2.41. The maximum atomic E-state index is 8.07. The number of rotatable bonds is 2. The van der Waals surface area contributed by atoms with Crippen LogP contribution in [0.2, 0.25) is 0 Å². The van der Waals surface area contributed by atoms with Crippen LogP contribution in [0, 0.1) is 19.3 Å². The van der Waals surface area contributed by atoms with Gasteiger partial charge in [-0.05, 0) is 43.3 Å². The van der Waals surface area contributed by atoms with Gasteiger partial charge in [0, 0.05) is 23.1 Å². The Kier molecular flexibility index (Phi) is 5.04. The summed E-state index contributed by atoms with van der Waals surface area (Å²) in [5.41, 5.74) is 3.14. The molecule has 0 heterocycles. The lowest BCUT2D eigenvalue weighted by Crippen LogP contribution is -2.01. The highest BCUT2D eigenvalue weighted by Crippen LogP contribution is 2.20. The zero-order valence-electron chi connectivity index (χ0n) is 11.5. The zero-order valence-corrected chi connectivity index (χ0v) is 13.3. The fourth-order valence-corrected chi connectivity index (χ4v) is 2.84. The smallest absolute Gasteiger partial charge is 0.282 e. The Hall–Kier alpha value is -1.52. The number of hydrogen-bond acceptors (Lipinski definition) is 2. The molecule has 2 nitrogen and oxygen atoms in total. The standard InChI is InChI=1S/C16H16N2S2/c1-11-7-9-13(10-8-11)20-16(19)18-15(17)14-6-4-3-5-12(14)2/h3-10H,1-2H3,(H2,17,18,19)/p+1. The maximum Gasteiger partial charge on any atom is 0.284 e. The fraction of sp³-hybridized carbons (Fsp3) is 0.125. The molecule has 4 heteroatoms. The molecule has 0 unspecified atom stereocenters. The molecule has 0 fully saturated rings. The normalized spacial score (nSPS) is 11.4. The van der Waals surface area contributed by atoms with Crippen LogP contribution in [0.25, 0.3) is 0 Å². The Labute approximate surface area is 129 Å². The van der Waals surface area contributed by atoms with Crippen LogP contribution in [0.1, 0.15) is 16.7 Å². The summed E-state index contributed by atoms with van der Waals surface area (Å²) >= 11 is 4.99. The van der Waals surface area contributed by atoms with E-state index in [0.717, 1.165) is 16.0 Å². The molecule has 1 N–H and O–H groups in total. The second kappa shape index (κ2) is 6.77. The first-order valence-electron chi connectivity index (χ1n) is 6.25. The monoisotopic (exact) mass is 301 g/mol. The molecule has 0 saturated heterocycles. The van der Waals surface area contributed by atoms with Gasteiger partial charge in [0.25, 0.3) is 4.38 Å². The first kappa shape index (κ1) is 14.9. The van der Waals surface area contributed by atoms with Crippen molar-refractivity contribution in [1.82, 2.24) is 0 Å². The van der Waals surface area contributed by atoms with Crippen LogP contribution in [-0.4, -0.2) is 10.2 Å². The van der Waals surface area contributed by atoms with Crippen LogP contribution >= 0.6 is 11.8 Å². The second-order valence-corrected chi connectivity index (χ2v) is 6.39. The number of aliphatic imine (C=N–C) groups is 1. The van der Waals surface area contributed by atoms with E-state index in [2.05, 4.69) is 36.7 Å². The van der Waals surface area contributed by atoms with E-state index in [1.54, 1.807) is 0 Å². The maximum absolute atomic E-state index is 8.07. The summed E-state index contributed by atoms with van der Waals surface area (Å²) in [6, 6.07) is 16.0. The van der Waals surface area contributed by atoms with E-state index >= 15 is 0 Å². The highest BCUT2D eigenvalue weighted by molar-refractivity contribution is 8.27. The van der Waals surface area contributed by atoms with Crippen LogP contribution in [-0.2, 0) is 12.6 Å².